The van der Waals surface area contributed by atoms with E-state index in [4.69, 9.17) is 4.98 Å². The van der Waals surface area contributed by atoms with Gasteiger partial charge in [0.15, 0.2) is 17.5 Å². The van der Waals surface area contributed by atoms with Crippen molar-refractivity contribution in [1.82, 2.24) is 29.9 Å². The van der Waals surface area contributed by atoms with Crippen molar-refractivity contribution in [2.24, 2.45) is 0 Å². The Kier molecular flexibility index (Phi) is 5.74. The van der Waals surface area contributed by atoms with Crippen LogP contribution >= 0.6 is 0 Å². The second kappa shape index (κ2) is 9.15. The van der Waals surface area contributed by atoms with Gasteiger partial charge in [0.1, 0.15) is 5.69 Å². The molecule has 0 fully saturated rings. The molecule has 0 aliphatic heterocycles. The van der Waals surface area contributed by atoms with E-state index in [1.807, 2.05) is 26.2 Å². The van der Waals surface area contributed by atoms with Gasteiger partial charge in [-0.25, -0.2) is 29.9 Å². The number of aromatic nitrogens is 6. The van der Waals surface area contributed by atoms with Gasteiger partial charge in [0.25, 0.3) is 0 Å². The fraction of sp³-hybridized carbons (Fsp3) is 0.111. The van der Waals surface area contributed by atoms with Crippen molar-refractivity contribution in [2.75, 3.05) is 19.0 Å². The van der Waals surface area contributed by atoms with E-state index in [0.29, 0.717) is 23.2 Å². The van der Waals surface area contributed by atoms with Crippen LogP contribution in [0, 0.1) is 6.92 Å². The van der Waals surface area contributed by atoms with Gasteiger partial charge in [0.2, 0.25) is 0 Å². The van der Waals surface area contributed by atoms with Gasteiger partial charge in [-0.1, -0.05) is 42.0 Å². The number of nitrogens with zero attached hydrogens (tertiary/aromatic N) is 7. The maximum absolute atomic E-state index is 4.78. The molecule has 2 aromatic carbocycles. The fourth-order valence-corrected chi connectivity index (χ4v) is 3.57. The summed E-state index contributed by atoms with van der Waals surface area (Å²) in [5.41, 5.74) is 6.79. The molecule has 3 heterocycles. The Bertz CT molecular complexity index is 1400. The second-order valence-electron chi connectivity index (χ2n) is 8.13. The first-order valence-electron chi connectivity index (χ1n) is 10.9. The summed E-state index contributed by atoms with van der Waals surface area (Å²) in [5, 5.41) is 0. The number of hydrogen-bond donors (Lipinski definition) is 0. The summed E-state index contributed by atoms with van der Waals surface area (Å²) >= 11 is 0. The van der Waals surface area contributed by atoms with E-state index >= 15 is 0 Å². The molecule has 34 heavy (non-hydrogen) atoms. The molecule has 3 aromatic heterocycles. The summed E-state index contributed by atoms with van der Waals surface area (Å²) in [6, 6.07) is 18.3. The molecule has 0 N–H and O–H groups in total. The number of rotatable bonds is 5. The maximum atomic E-state index is 4.78. The molecule has 0 saturated heterocycles. The Morgan fingerprint density at radius 3 is 1.85 bits per heavy atom. The molecule has 7 nitrogen and oxygen atoms in total. The Morgan fingerprint density at radius 2 is 1.21 bits per heavy atom. The van der Waals surface area contributed by atoms with Crippen LogP contribution in [0.15, 0.2) is 85.6 Å². The Balaban J connectivity index is 1.52. The second-order valence-corrected chi connectivity index (χ2v) is 8.13. The lowest BCUT2D eigenvalue weighted by atomic mass is 10.0. The van der Waals surface area contributed by atoms with Crippen LogP contribution in [0.25, 0.3) is 45.4 Å². The van der Waals surface area contributed by atoms with E-state index in [0.717, 1.165) is 27.9 Å². The summed E-state index contributed by atoms with van der Waals surface area (Å²) < 4.78 is 0. The Hall–Kier alpha value is -4.52. The van der Waals surface area contributed by atoms with Crippen LogP contribution in [0.4, 0.5) is 5.69 Å². The molecule has 0 spiro atoms. The van der Waals surface area contributed by atoms with Crippen LogP contribution in [0.2, 0.25) is 0 Å². The summed E-state index contributed by atoms with van der Waals surface area (Å²) in [7, 11) is 4.04. The molecule has 7 heteroatoms. The van der Waals surface area contributed by atoms with E-state index < -0.39 is 0 Å². The smallest absolute Gasteiger partial charge is 0.198 e. The van der Waals surface area contributed by atoms with Gasteiger partial charge in [-0.3, -0.25) is 0 Å². The van der Waals surface area contributed by atoms with Crippen molar-refractivity contribution in [2.45, 2.75) is 6.92 Å². The van der Waals surface area contributed by atoms with Crippen molar-refractivity contribution in [3.8, 4) is 45.4 Å². The maximum Gasteiger partial charge on any atom is 0.198 e. The van der Waals surface area contributed by atoms with E-state index in [-0.39, 0.29) is 0 Å². The molecular weight excluding hydrogens is 422 g/mol. The third-order valence-corrected chi connectivity index (χ3v) is 5.50. The minimum atomic E-state index is 0.424. The van der Waals surface area contributed by atoms with Gasteiger partial charge in [0, 0.05) is 61.9 Å². The SMILES string of the molecule is Cc1ccc(-c2cnc(-c3ncc(-c4ccc(N(C)C)cc4)cn3)nc2-c2ncccn2)cc1. The molecule has 5 aromatic rings. The lowest BCUT2D eigenvalue weighted by Gasteiger charge is -2.12. The summed E-state index contributed by atoms with van der Waals surface area (Å²) in [6.07, 6.45) is 8.79. The minimum Gasteiger partial charge on any atom is -0.378 e. The summed E-state index contributed by atoms with van der Waals surface area (Å²) in [6.45, 7) is 2.06. The molecule has 0 aliphatic carbocycles. The highest BCUT2D eigenvalue weighted by atomic mass is 15.1. The molecule has 0 atom stereocenters. The van der Waals surface area contributed by atoms with Gasteiger partial charge in [-0.05, 0) is 36.2 Å². The zero-order valence-corrected chi connectivity index (χ0v) is 19.2. The van der Waals surface area contributed by atoms with Gasteiger partial charge in [0.05, 0.1) is 0 Å². The van der Waals surface area contributed by atoms with Crippen LogP contribution in [0.1, 0.15) is 5.56 Å². The first kappa shape index (κ1) is 21.3. The molecule has 166 valence electrons. The van der Waals surface area contributed by atoms with Gasteiger partial charge in [-0.15, -0.1) is 0 Å². The molecule has 0 amide bonds. The van der Waals surface area contributed by atoms with Crippen molar-refractivity contribution in [3.05, 3.63) is 91.1 Å². The van der Waals surface area contributed by atoms with Crippen LogP contribution < -0.4 is 4.90 Å². The monoisotopic (exact) mass is 445 g/mol. The third-order valence-electron chi connectivity index (χ3n) is 5.50. The highest BCUT2D eigenvalue weighted by Crippen LogP contribution is 2.30. The zero-order chi connectivity index (χ0) is 23.5. The molecule has 0 bridgehead atoms. The fourth-order valence-electron chi connectivity index (χ4n) is 3.57. The quantitative estimate of drug-likeness (QED) is 0.372. The largest absolute Gasteiger partial charge is 0.378 e. The molecule has 0 saturated carbocycles. The average Bonchev–Trinajstić information content (AvgIpc) is 2.89. The van der Waals surface area contributed by atoms with E-state index in [2.05, 4.69) is 73.1 Å². The number of benzene rings is 2. The highest BCUT2D eigenvalue weighted by molar-refractivity contribution is 5.78. The lowest BCUT2D eigenvalue weighted by Crippen LogP contribution is -2.07. The van der Waals surface area contributed by atoms with E-state index in [9.17, 15) is 0 Å². The van der Waals surface area contributed by atoms with Crippen molar-refractivity contribution in [1.29, 1.82) is 0 Å². The first-order chi connectivity index (χ1) is 16.6. The predicted molar refractivity (Wildman–Crippen MR) is 134 cm³/mol. The topological polar surface area (TPSA) is 80.6 Å². The molecule has 5 rings (SSSR count). The average molecular weight is 446 g/mol. The van der Waals surface area contributed by atoms with Crippen LogP contribution in [0.3, 0.4) is 0 Å². The Morgan fingerprint density at radius 1 is 0.588 bits per heavy atom. The van der Waals surface area contributed by atoms with Crippen LogP contribution in [-0.2, 0) is 0 Å². The number of anilines is 1. The Labute approximate surface area is 198 Å². The van der Waals surface area contributed by atoms with E-state index in [1.54, 1.807) is 37.1 Å². The molecular formula is C27H23N7. The van der Waals surface area contributed by atoms with Gasteiger partial charge in [-0.2, -0.15) is 0 Å². The third kappa shape index (κ3) is 4.36. The van der Waals surface area contributed by atoms with Crippen molar-refractivity contribution < 1.29 is 0 Å². The summed E-state index contributed by atoms with van der Waals surface area (Å²) in [5.74, 6) is 1.40. The highest BCUT2D eigenvalue weighted by Gasteiger charge is 2.16. The number of hydrogen-bond acceptors (Lipinski definition) is 7. The summed E-state index contributed by atoms with van der Waals surface area (Å²) in [4.78, 5) is 29.3. The van der Waals surface area contributed by atoms with Crippen LogP contribution in [0.5, 0.6) is 0 Å². The lowest BCUT2D eigenvalue weighted by molar-refractivity contribution is 1.06. The van der Waals surface area contributed by atoms with Gasteiger partial charge < -0.3 is 4.90 Å². The van der Waals surface area contributed by atoms with Crippen LogP contribution in [-0.4, -0.2) is 44.0 Å². The first-order valence-corrected chi connectivity index (χ1v) is 10.9. The zero-order valence-electron chi connectivity index (χ0n) is 19.2. The van der Waals surface area contributed by atoms with Crippen molar-refractivity contribution >= 4 is 5.69 Å². The molecule has 0 unspecified atom stereocenters. The number of aryl methyl sites for hydroxylation is 1. The van der Waals surface area contributed by atoms with Gasteiger partial charge >= 0.3 is 0 Å². The normalized spacial score (nSPS) is 10.8. The van der Waals surface area contributed by atoms with E-state index in [1.165, 1.54) is 5.56 Å². The molecule has 0 radical (unpaired) electrons. The minimum absolute atomic E-state index is 0.424. The standard InChI is InChI=1S/C27H23N7/c1-18-5-7-20(8-6-18)23-17-32-27(33-24(23)25-28-13-4-14-29-25)26-30-15-21(16-31-26)19-9-11-22(12-10-19)34(2)3/h4-17H,1-3H3. The molecule has 0 aliphatic rings. The predicted octanol–water partition coefficient (Wildman–Crippen LogP) is 5.10. The van der Waals surface area contributed by atoms with Crippen molar-refractivity contribution in [3.63, 3.8) is 0 Å².